The van der Waals surface area contributed by atoms with Gasteiger partial charge in [0.1, 0.15) is 17.1 Å². The van der Waals surface area contributed by atoms with Crippen molar-refractivity contribution < 1.29 is 9.52 Å². The fourth-order valence-electron chi connectivity index (χ4n) is 4.65. The maximum Gasteiger partial charge on any atom is 0.138 e. The highest BCUT2D eigenvalue weighted by atomic mass is 79.9. The van der Waals surface area contributed by atoms with Crippen molar-refractivity contribution in [1.29, 1.82) is 0 Å². The number of phenolic OH excluding ortho intramolecular Hbond substituents is 1. The van der Waals surface area contributed by atoms with Crippen LogP contribution in [0.25, 0.3) is 33.1 Å². The number of aryl methyl sites for hydroxylation is 1. The van der Waals surface area contributed by atoms with Crippen LogP contribution in [0, 0.1) is 5.92 Å². The number of furan rings is 1. The van der Waals surface area contributed by atoms with Gasteiger partial charge in [0.05, 0.1) is 4.47 Å². The van der Waals surface area contributed by atoms with Gasteiger partial charge in [-0.05, 0) is 63.7 Å². The summed E-state index contributed by atoms with van der Waals surface area (Å²) in [5, 5.41) is 13.3. The summed E-state index contributed by atoms with van der Waals surface area (Å²) in [4.78, 5) is 0. The van der Waals surface area contributed by atoms with Gasteiger partial charge in [0.2, 0.25) is 0 Å². The van der Waals surface area contributed by atoms with Crippen LogP contribution in [0.1, 0.15) is 37.7 Å². The number of para-hydroxylation sites is 1. The summed E-state index contributed by atoms with van der Waals surface area (Å²) < 4.78 is 7.08. The van der Waals surface area contributed by atoms with E-state index in [1.54, 1.807) is 6.07 Å². The topological polar surface area (TPSA) is 33.4 Å². The second kappa shape index (κ2) is 7.29. The van der Waals surface area contributed by atoms with Crippen molar-refractivity contribution in [1.82, 2.24) is 0 Å². The summed E-state index contributed by atoms with van der Waals surface area (Å²) >= 11 is 3.49. The molecule has 1 aliphatic carbocycles. The summed E-state index contributed by atoms with van der Waals surface area (Å²) in [7, 11) is 0. The molecule has 2 nitrogen and oxygen atoms in total. The van der Waals surface area contributed by atoms with E-state index in [0.29, 0.717) is 0 Å². The maximum absolute atomic E-state index is 9.95. The Morgan fingerprint density at radius 1 is 0.964 bits per heavy atom. The molecule has 0 amide bonds. The van der Waals surface area contributed by atoms with Crippen LogP contribution in [-0.4, -0.2) is 5.11 Å². The van der Waals surface area contributed by atoms with E-state index < -0.39 is 0 Å². The number of hydrogen-bond acceptors (Lipinski definition) is 2. The molecule has 3 aromatic carbocycles. The normalized spacial score (nSPS) is 15.0. The zero-order valence-corrected chi connectivity index (χ0v) is 17.3. The van der Waals surface area contributed by atoms with E-state index in [2.05, 4.69) is 52.3 Å². The number of halogens is 1. The predicted molar refractivity (Wildman–Crippen MR) is 119 cm³/mol. The van der Waals surface area contributed by atoms with Crippen LogP contribution in [0.4, 0.5) is 0 Å². The molecule has 0 aliphatic heterocycles. The second-order valence-electron chi connectivity index (χ2n) is 7.93. The first-order valence-corrected chi connectivity index (χ1v) is 10.9. The van der Waals surface area contributed by atoms with E-state index in [0.717, 1.165) is 44.5 Å². The van der Waals surface area contributed by atoms with Crippen LogP contribution in [0.15, 0.2) is 63.5 Å². The predicted octanol–water partition coefficient (Wildman–Crippen LogP) is 7.84. The monoisotopic (exact) mass is 434 g/mol. The molecule has 0 unspecified atom stereocenters. The lowest BCUT2D eigenvalue weighted by molar-refractivity contribution is 0.473. The zero-order valence-electron chi connectivity index (χ0n) is 15.7. The van der Waals surface area contributed by atoms with Crippen LogP contribution >= 0.6 is 15.9 Å². The van der Waals surface area contributed by atoms with Crippen molar-refractivity contribution in [3.05, 3.63) is 64.6 Å². The summed E-state index contributed by atoms with van der Waals surface area (Å²) in [6.07, 6.45) is 7.82. The standard InChI is InChI=1S/C25H23BrO2/c26-24-19-13-10-18(15-17(19)11-14-22(24)27)25-21(12-9-16-5-1-2-6-16)20-7-3-4-8-23(20)28-25/h3-4,7-8,10-11,13-16,27H,1-2,5-6,9,12H2. The van der Waals surface area contributed by atoms with Gasteiger partial charge in [0.25, 0.3) is 0 Å². The molecule has 1 saturated carbocycles. The smallest absolute Gasteiger partial charge is 0.138 e. The Balaban J connectivity index is 1.60. The Labute approximate surface area is 173 Å². The molecule has 1 aliphatic rings. The van der Waals surface area contributed by atoms with Crippen molar-refractivity contribution in [3.8, 4) is 17.1 Å². The zero-order chi connectivity index (χ0) is 19.1. The molecule has 1 fully saturated rings. The van der Waals surface area contributed by atoms with E-state index in [9.17, 15) is 5.11 Å². The van der Waals surface area contributed by atoms with Gasteiger partial charge in [-0.1, -0.05) is 62.1 Å². The Morgan fingerprint density at radius 2 is 1.79 bits per heavy atom. The molecule has 4 aromatic rings. The minimum atomic E-state index is 0.265. The molecule has 3 heteroatoms. The van der Waals surface area contributed by atoms with Crippen LogP contribution < -0.4 is 0 Å². The van der Waals surface area contributed by atoms with Crippen molar-refractivity contribution in [2.75, 3.05) is 0 Å². The maximum atomic E-state index is 9.95. The van der Waals surface area contributed by atoms with Gasteiger partial charge in [0.15, 0.2) is 0 Å². The van der Waals surface area contributed by atoms with E-state index in [-0.39, 0.29) is 5.75 Å². The highest BCUT2D eigenvalue weighted by Crippen LogP contribution is 2.39. The fraction of sp³-hybridized carbons (Fsp3) is 0.280. The molecule has 28 heavy (non-hydrogen) atoms. The quantitative estimate of drug-likeness (QED) is 0.354. The SMILES string of the molecule is Oc1ccc2cc(-c3oc4ccccc4c3CCC3CCCC3)ccc2c1Br. The minimum Gasteiger partial charge on any atom is -0.507 e. The lowest BCUT2D eigenvalue weighted by atomic mass is 9.94. The molecule has 1 heterocycles. The number of rotatable bonds is 4. The van der Waals surface area contributed by atoms with Gasteiger partial charge in [-0.25, -0.2) is 0 Å². The third kappa shape index (κ3) is 3.12. The number of hydrogen-bond donors (Lipinski definition) is 1. The van der Waals surface area contributed by atoms with Crippen molar-refractivity contribution in [2.24, 2.45) is 5.92 Å². The van der Waals surface area contributed by atoms with Gasteiger partial charge < -0.3 is 9.52 Å². The Bertz CT molecular complexity index is 1150. The number of benzene rings is 3. The van der Waals surface area contributed by atoms with Gasteiger partial charge >= 0.3 is 0 Å². The third-order valence-corrected chi connectivity index (χ3v) is 7.00. The van der Waals surface area contributed by atoms with E-state index in [1.807, 2.05) is 12.1 Å². The number of aromatic hydroxyl groups is 1. The van der Waals surface area contributed by atoms with Crippen LogP contribution in [0.3, 0.4) is 0 Å². The summed E-state index contributed by atoms with van der Waals surface area (Å²) in [5.41, 5.74) is 3.40. The van der Waals surface area contributed by atoms with Crippen molar-refractivity contribution in [3.63, 3.8) is 0 Å². The molecule has 0 saturated heterocycles. The molecule has 0 atom stereocenters. The number of fused-ring (bicyclic) bond motifs is 2. The molecular weight excluding hydrogens is 412 g/mol. The summed E-state index contributed by atoms with van der Waals surface area (Å²) in [6, 6.07) is 18.4. The minimum absolute atomic E-state index is 0.265. The molecule has 1 N–H and O–H groups in total. The van der Waals surface area contributed by atoms with E-state index >= 15 is 0 Å². The van der Waals surface area contributed by atoms with Gasteiger partial charge in [-0.2, -0.15) is 0 Å². The first kappa shape index (κ1) is 17.8. The Hall–Kier alpha value is -2.26. The summed E-state index contributed by atoms with van der Waals surface area (Å²) in [6.45, 7) is 0. The molecule has 5 rings (SSSR count). The second-order valence-corrected chi connectivity index (χ2v) is 8.72. The number of phenols is 1. The summed E-state index contributed by atoms with van der Waals surface area (Å²) in [5.74, 6) is 2.11. The van der Waals surface area contributed by atoms with Crippen molar-refractivity contribution >= 4 is 37.7 Å². The Morgan fingerprint density at radius 3 is 2.64 bits per heavy atom. The molecule has 0 spiro atoms. The highest BCUT2D eigenvalue weighted by molar-refractivity contribution is 9.10. The lowest BCUT2D eigenvalue weighted by Gasteiger charge is -2.10. The van der Waals surface area contributed by atoms with Gasteiger partial charge in [-0.3, -0.25) is 0 Å². The Kier molecular flexibility index (Phi) is 4.64. The fourth-order valence-corrected chi connectivity index (χ4v) is 5.14. The van der Waals surface area contributed by atoms with Crippen LogP contribution in [0.2, 0.25) is 0 Å². The molecule has 142 valence electrons. The molecular formula is C25H23BrO2. The average Bonchev–Trinajstić information content (AvgIpc) is 3.36. The van der Waals surface area contributed by atoms with Crippen molar-refractivity contribution in [2.45, 2.75) is 38.5 Å². The lowest BCUT2D eigenvalue weighted by Crippen LogP contribution is -1.97. The first-order chi connectivity index (χ1) is 13.7. The average molecular weight is 435 g/mol. The van der Waals surface area contributed by atoms with E-state index in [1.165, 1.54) is 43.1 Å². The van der Waals surface area contributed by atoms with Crippen LogP contribution in [0.5, 0.6) is 5.75 Å². The van der Waals surface area contributed by atoms with Crippen LogP contribution in [-0.2, 0) is 6.42 Å². The third-order valence-electron chi connectivity index (χ3n) is 6.17. The molecule has 0 radical (unpaired) electrons. The van der Waals surface area contributed by atoms with Gasteiger partial charge in [-0.15, -0.1) is 0 Å². The van der Waals surface area contributed by atoms with E-state index in [4.69, 9.17) is 4.42 Å². The highest BCUT2D eigenvalue weighted by Gasteiger charge is 2.20. The largest absolute Gasteiger partial charge is 0.507 e. The van der Waals surface area contributed by atoms with Gasteiger partial charge in [0, 0.05) is 16.5 Å². The first-order valence-electron chi connectivity index (χ1n) is 10.1. The molecule has 1 aromatic heterocycles. The molecule has 0 bridgehead atoms.